The molecule has 2 aromatic carbocycles. The first-order chi connectivity index (χ1) is 8.97. The molecule has 2 rings (SSSR count). The number of halogens is 3. The molecule has 0 unspecified atom stereocenters. The van der Waals surface area contributed by atoms with Gasteiger partial charge in [0.1, 0.15) is 5.82 Å². The van der Waals surface area contributed by atoms with E-state index in [-0.39, 0.29) is 5.82 Å². The quantitative estimate of drug-likeness (QED) is 0.782. The van der Waals surface area contributed by atoms with Gasteiger partial charge in [-0.1, -0.05) is 29.3 Å². The Morgan fingerprint density at radius 1 is 1.00 bits per heavy atom. The van der Waals surface area contributed by atoms with Crippen molar-refractivity contribution in [1.82, 2.24) is 4.90 Å². The zero-order valence-corrected chi connectivity index (χ0v) is 12.3. The van der Waals surface area contributed by atoms with E-state index < -0.39 is 0 Å². The Morgan fingerprint density at radius 2 is 1.74 bits per heavy atom. The molecule has 0 bridgehead atoms. The average molecular weight is 298 g/mol. The van der Waals surface area contributed by atoms with Gasteiger partial charge in [-0.25, -0.2) is 4.39 Å². The van der Waals surface area contributed by atoms with Crippen LogP contribution in [-0.2, 0) is 6.54 Å². The first-order valence-electron chi connectivity index (χ1n) is 5.86. The molecule has 4 heteroatoms. The van der Waals surface area contributed by atoms with Crippen LogP contribution in [0.2, 0.25) is 10.0 Å². The summed E-state index contributed by atoms with van der Waals surface area (Å²) in [6, 6.07) is 10.1. The molecule has 0 heterocycles. The fourth-order valence-corrected chi connectivity index (χ4v) is 2.34. The second kappa shape index (κ2) is 5.91. The minimum absolute atomic E-state index is 0.299. The second-order valence-electron chi connectivity index (χ2n) is 4.68. The molecule has 0 amide bonds. The number of rotatable bonds is 3. The maximum Gasteiger partial charge on any atom is 0.131 e. The summed E-state index contributed by atoms with van der Waals surface area (Å²) in [7, 11) is 3.94. The lowest BCUT2D eigenvalue weighted by atomic mass is 10.0. The highest BCUT2D eigenvalue weighted by Gasteiger charge is 2.11. The molecular weight excluding hydrogens is 284 g/mol. The molecule has 0 saturated carbocycles. The second-order valence-corrected chi connectivity index (χ2v) is 5.52. The summed E-state index contributed by atoms with van der Waals surface area (Å²) in [6.07, 6.45) is 0. The highest BCUT2D eigenvalue weighted by atomic mass is 35.5. The smallest absolute Gasteiger partial charge is 0.131 e. The van der Waals surface area contributed by atoms with Crippen LogP contribution in [0.1, 0.15) is 5.56 Å². The maximum absolute atomic E-state index is 14.0. The highest BCUT2D eigenvalue weighted by Crippen LogP contribution is 2.32. The number of nitrogens with zero attached hydrogens (tertiary/aromatic N) is 1. The van der Waals surface area contributed by atoms with E-state index in [4.69, 9.17) is 23.2 Å². The standard InChI is InChI=1S/C15H14Cl2FN/c1-19(2)9-10-3-6-15(18)13(7-10)12-8-11(16)4-5-14(12)17/h3-8H,9H2,1-2H3. The molecule has 0 radical (unpaired) electrons. The van der Waals surface area contributed by atoms with E-state index in [1.54, 1.807) is 24.3 Å². The number of benzene rings is 2. The van der Waals surface area contributed by atoms with Crippen LogP contribution in [0.25, 0.3) is 11.1 Å². The van der Waals surface area contributed by atoms with Gasteiger partial charge in [-0.05, 0) is 50.0 Å². The fourth-order valence-electron chi connectivity index (χ4n) is 1.95. The van der Waals surface area contributed by atoms with Crippen LogP contribution < -0.4 is 0 Å². The van der Waals surface area contributed by atoms with Crippen LogP contribution >= 0.6 is 23.2 Å². The molecule has 0 atom stereocenters. The van der Waals surface area contributed by atoms with Crippen LogP contribution in [0.5, 0.6) is 0 Å². The molecule has 0 aliphatic rings. The monoisotopic (exact) mass is 297 g/mol. The van der Waals surface area contributed by atoms with Crippen LogP contribution in [0.15, 0.2) is 36.4 Å². The SMILES string of the molecule is CN(C)Cc1ccc(F)c(-c2cc(Cl)ccc2Cl)c1. The molecule has 0 saturated heterocycles. The van der Waals surface area contributed by atoms with Crippen LogP contribution in [0.4, 0.5) is 4.39 Å². The lowest BCUT2D eigenvalue weighted by Gasteiger charge is -2.12. The molecule has 1 nitrogen and oxygen atoms in total. The molecule has 0 aromatic heterocycles. The molecule has 0 fully saturated rings. The summed E-state index contributed by atoms with van der Waals surface area (Å²) in [5, 5.41) is 1.03. The number of hydrogen-bond donors (Lipinski definition) is 0. The van der Waals surface area contributed by atoms with E-state index in [1.807, 2.05) is 25.1 Å². The molecule has 2 aromatic rings. The third kappa shape index (κ3) is 3.47. The van der Waals surface area contributed by atoms with Gasteiger partial charge in [0.15, 0.2) is 0 Å². The van der Waals surface area contributed by atoms with Crippen molar-refractivity contribution in [1.29, 1.82) is 0 Å². The topological polar surface area (TPSA) is 3.24 Å². The Balaban J connectivity index is 2.51. The van der Waals surface area contributed by atoms with Gasteiger partial charge >= 0.3 is 0 Å². The van der Waals surface area contributed by atoms with Crippen LogP contribution in [-0.4, -0.2) is 19.0 Å². The van der Waals surface area contributed by atoms with Crippen molar-refractivity contribution in [3.8, 4) is 11.1 Å². The highest BCUT2D eigenvalue weighted by molar-refractivity contribution is 6.35. The van der Waals surface area contributed by atoms with Crippen molar-refractivity contribution in [2.45, 2.75) is 6.54 Å². The summed E-state index contributed by atoms with van der Waals surface area (Å²) < 4.78 is 14.0. The van der Waals surface area contributed by atoms with Crippen LogP contribution in [0, 0.1) is 5.82 Å². The van der Waals surface area contributed by atoms with Gasteiger partial charge in [0.05, 0.1) is 0 Å². The first-order valence-corrected chi connectivity index (χ1v) is 6.61. The molecule has 0 spiro atoms. The van der Waals surface area contributed by atoms with Crippen molar-refractivity contribution < 1.29 is 4.39 Å². The van der Waals surface area contributed by atoms with E-state index in [1.165, 1.54) is 6.07 Å². The Labute approximate surface area is 122 Å². The van der Waals surface area contributed by atoms with Gasteiger partial charge in [0, 0.05) is 27.7 Å². The van der Waals surface area contributed by atoms with E-state index in [2.05, 4.69) is 0 Å². The maximum atomic E-state index is 14.0. The van der Waals surface area contributed by atoms with E-state index in [0.29, 0.717) is 21.2 Å². The first kappa shape index (κ1) is 14.3. The van der Waals surface area contributed by atoms with Gasteiger partial charge in [0.2, 0.25) is 0 Å². The van der Waals surface area contributed by atoms with Crippen molar-refractivity contribution in [3.63, 3.8) is 0 Å². The third-order valence-corrected chi connectivity index (χ3v) is 3.31. The minimum atomic E-state index is -0.299. The van der Waals surface area contributed by atoms with Gasteiger partial charge < -0.3 is 4.90 Å². The summed E-state index contributed by atoms with van der Waals surface area (Å²) in [5.41, 5.74) is 2.12. The summed E-state index contributed by atoms with van der Waals surface area (Å²) in [6.45, 7) is 0.742. The van der Waals surface area contributed by atoms with Crippen molar-refractivity contribution in [3.05, 3.63) is 57.8 Å². The zero-order chi connectivity index (χ0) is 14.0. The Morgan fingerprint density at radius 3 is 2.42 bits per heavy atom. The molecule has 0 aliphatic heterocycles. The van der Waals surface area contributed by atoms with Crippen molar-refractivity contribution in [2.24, 2.45) is 0 Å². The fraction of sp³-hybridized carbons (Fsp3) is 0.200. The van der Waals surface area contributed by atoms with Crippen LogP contribution in [0.3, 0.4) is 0 Å². The molecule has 0 aliphatic carbocycles. The summed E-state index contributed by atoms with van der Waals surface area (Å²) >= 11 is 12.1. The number of hydrogen-bond acceptors (Lipinski definition) is 1. The minimum Gasteiger partial charge on any atom is -0.305 e. The Bertz CT molecular complexity index is 597. The summed E-state index contributed by atoms with van der Waals surface area (Å²) in [4.78, 5) is 2.02. The van der Waals surface area contributed by atoms with Crippen molar-refractivity contribution >= 4 is 23.2 Å². The van der Waals surface area contributed by atoms with E-state index in [9.17, 15) is 4.39 Å². The predicted molar refractivity (Wildman–Crippen MR) is 79.2 cm³/mol. The molecular formula is C15H14Cl2FN. The zero-order valence-electron chi connectivity index (χ0n) is 10.8. The molecule has 100 valence electrons. The Hall–Kier alpha value is -1.09. The van der Waals surface area contributed by atoms with Crippen molar-refractivity contribution in [2.75, 3.05) is 14.1 Å². The van der Waals surface area contributed by atoms with Gasteiger partial charge in [-0.15, -0.1) is 0 Å². The largest absolute Gasteiger partial charge is 0.305 e. The normalized spacial score (nSPS) is 11.1. The van der Waals surface area contributed by atoms with E-state index >= 15 is 0 Å². The lowest BCUT2D eigenvalue weighted by Crippen LogP contribution is -2.10. The average Bonchev–Trinajstić information content (AvgIpc) is 2.34. The molecule has 19 heavy (non-hydrogen) atoms. The van der Waals surface area contributed by atoms with E-state index in [0.717, 1.165) is 12.1 Å². The van der Waals surface area contributed by atoms with Gasteiger partial charge in [-0.3, -0.25) is 0 Å². The van der Waals surface area contributed by atoms with Gasteiger partial charge in [0.25, 0.3) is 0 Å². The summed E-state index contributed by atoms with van der Waals surface area (Å²) in [5.74, 6) is -0.299. The lowest BCUT2D eigenvalue weighted by molar-refractivity contribution is 0.402. The molecule has 0 N–H and O–H groups in total. The van der Waals surface area contributed by atoms with Gasteiger partial charge in [-0.2, -0.15) is 0 Å². The third-order valence-electron chi connectivity index (χ3n) is 2.75. The Kier molecular flexibility index (Phi) is 4.46. The predicted octanol–water partition coefficient (Wildman–Crippen LogP) is 4.86.